The third-order valence-electron chi connectivity index (χ3n) is 3.48. The van der Waals surface area contributed by atoms with Gasteiger partial charge in [0, 0.05) is 0 Å². The van der Waals surface area contributed by atoms with Gasteiger partial charge in [0.25, 0.3) is 0 Å². The van der Waals surface area contributed by atoms with Gasteiger partial charge in [0.05, 0.1) is 12.8 Å². The minimum absolute atomic E-state index is 0.0698. The van der Waals surface area contributed by atoms with Gasteiger partial charge in [-0.1, -0.05) is 36.4 Å². The summed E-state index contributed by atoms with van der Waals surface area (Å²) in [5.74, 6) is 0.0698. The van der Waals surface area contributed by atoms with Crippen molar-refractivity contribution >= 4 is 11.7 Å². The molecule has 10 heteroatoms. The molecule has 0 aliphatic heterocycles. The lowest BCUT2D eigenvalue weighted by atomic mass is 10.0. The maximum atomic E-state index is 12.6. The molecule has 2 aromatic carbocycles. The van der Waals surface area contributed by atoms with Gasteiger partial charge in [-0.15, -0.1) is 0 Å². The molecule has 2 N–H and O–H groups in total. The number of benzene rings is 2. The van der Waals surface area contributed by atoms with Crippen LogP contribution in [0.5, 0.6) is 5.75 Å². The lowest BCUT2D eigenvalue weighted by Gasteiger charge is -2.24. The average molecular weight is 392 g/mol. The number of methoxy groups -OCH3 is 1. The molecule has 0 fully saturated rings. The van der Waals surface area contributed by atoms with Crippen molar-refractivity contribution in [2.45, 2.75) is 18.4 Å². The Morgan fingerprint density at radius 2 is 1.52 bits per heavy atom. The van der Waals surface area contributed by atoms with E-state index in [2.05, 4.69) is 0 Å². The second kappa shape index (κ2) is 7.77. The Kier molecular flexibility index (Phi) is 5.87. The van der Waals surface area contributed by atoms with E-state index in [0.29, 0.717) is 5.56 Å². The molecule has 0 unspecified atom stereocenters. The number of ether oxygens (including phenoxy) is 1. The van der Waals surface area contributed by atoms with Crippen LogP contribution in [0.3, 0.4) is 0 Å². The lowest BCUT2D eigenvalue weighted by molar-refractivity contribution is -0.255. The third kappa shape index (κ3) is 5.28. The summed E-state index contributed by atoms with van der Waals surface area (Å²) in [4.78, 5) is 11.8. The number of alkyl halides is 6. The summed E-state index contributed by atoms with van der Waals surface area (Å²) >= 11 is 0. The van der Waals surface area contributed by atoms with Crippen molar-refractivity contribution in [2.24, 2.45) is 0 Å². The Labute approximate surface area is 150 Å². The fourth-order valence-corrected chi connectivity index (χ4v) is 2.25. The van der Waals surface area contributed by atoms with Crippen LogP contribution in [0.2, 0.25) is 0 Å². The number of rotatable bonds is 4. The van der Waals surface area contributed by atoms with Gasteiger partial charge in [0.15, 0.2) is 0 Å². The monoisotopic (exact) mass is 392 g/mol. The highest BCUT2D eigenvalue weighted by Crippen LogP contribution is 2.34. The van der Waals surface area contributed by atoms with E-state index in [1.807, 2.05) is 5.32 Å². The molecule has 0 saturated carbocycles. The molecule has 2 aromatic rings. The zero-order chi connectivity index (χ0) is 20.2. The van der Waals surface area contributed by atoms with Crippen molar-refractivity contribution in [2.75, 3.05) is 12.4 Å². The van der Waals surface area contributed by atoms with Crippen LogP contribution < -0.4 is 15.4 Å². The molecule has 0 spiro atoms. The predicted octanol–water partition coefficient (Wildman–Crippen LogP) is 4.98. The van der Waals surface area contributed by atoms with Crippen molar-refractivity contribution in [3.63, 3.8) is 0 Å². The average Bonchev–Trinajstić information content (AvgIpc) is 2.58. The van der Waals surface area contributed by atoms with E-state index >= 15 is 0 Å². The van der Waals surface area contributed by atoms with Crippen LogP contribution in [0.4, 0.5) is 36.8 Å². The minimum atomic E-state index is -5.69. The number of nitrogens with one attached hydrogen (secondary N) is 2. The fourth-order valence-electron chi connectivity index (χ4n) is 2.25. The van der Waals surface area contributed by atoms with E-state index in [4.69, 9.17) is 4.74 Å². The standard InChI is InChI=1S/C17H14F6N2O2/c1-27-13-8-7-11(10-5-3-2-4-6-10)9-12(13)24-15(26)25-14(16(18,19)20)17(21,22)23/h2-9,14H,1H3,(H2,24,25,26). The first-order valence-electron chi connectivity index (χ1n) is 7.47. The first-order chi connectivity index (χ1) is 12.5. The fraction of sp³-hybridized carbons (Fsp3) is 0.235. The molecule has 0 saturated heterocycles. The summed E-state index contributed by atoms with van der Waals surface area (Å²) in [6.45, 7) is 0. The van der Waals surface area contributed by atoms with Gasteiger partial charge in [0.1, 0.15) is 5.75 Å². The highest BCUT2D eigenvalue weighted by molar-refractivity contribution is 5.92. The van der Waals surface area contributed by atoms with E-state index in [9.17, 15) is 31.1 Å². The summed E-state index contributed by atoms with van der Waals surface area (Å²) in [7, 11) is 1.24. The third-order valence-corrected chi connectivity index (χ3v) is 3.48. The molecule has 0 heterocycles. The largest absolute Gasteiger partial charge is 0.495 e. The van der Waals surface area contributed by atoms with Crippen molar-refractivity contribution in [1.82, 2.24) is 5.32 Å². The molecular formula is C17H14F6N2O2. The predicted molar refractivity (Wildman–Crippen MR) is 86.5 cm³/mol. The summed E-state index contributed by atoms with van der Waals surface area (Å²) in [6.07, 6.45) is -11.4. The minimum Gasteiger partial charge on any atom is -0.495 e. The zero-order valence-corrected chi connectivity index (χ0v) is 13.8. The van der Waals surface area contributed by atoms with Gasteiger partial charge in [-0.25, -0.2) is 4.79 Å². The number of carbonyl (C=O) groups is 1. The van der Waals surface area contributed by atoms with Gasteiger partial charge < -0.3 is 15.4 Å². The Hall–Kier alpha value is -2.91. The summed E-state index contributed by atoms with van der Waals surface area (Å²) in [5, 5.41) is 2.87. The lowest BCUT2D eigenvalue weighted by Crippen LogP contribution is -2.55. The number of amides is 2. The quantitative estimate of drug-likeness (QED) is 0.722. The van der Waals surface area contributed by atoms with Gasteiger partial charge >= 0.3 is 18.4 Å². The maximum Gasteiger partial charge on any atom is 0.417 e. The van der Waals surface area contributed by atoms with E-state index in [1.54, 1.807) is 36.4 Å². The van der Waals surface area contributed by atoms with Crippen LogP contribution in [0.1, 0.15) is 0 Å². The van der Waals surface area contributed by atoms with Crippen molar-refractivity contribution in [3.8, 4) is 16.9 Å². The number of urea groups is 1. The second-order valence-electron chi connectivity index (χ2n) is 5.40. The van der Waals surface area contributed by atoms with Crippen LogP contribution in [0, 0.1) is 0 Å². The van der Waals surface area contributed by atoms with Gasteiger partial charge in [0.2, 0.25) is 6.04 Å². The second-order valence-corrected chi connectivity index (χ2v) is 5.40. The number of anilines is 1. The molecule has 0 aliphatic carbocycles. The van der Waals surface area contributed by atoms with Crippen LogP contribution in [0.25, 0.3) is 11.1 Å². The van der Waals surface area contributed by atoms with Gasteiger partial charge in [-0.2, -0.15) is 26.3 Å². The highest BCUT2D eigenvalue weighted by atomic mass is 19.4. The van der Waals surface area contributed by atoms with E-state index in [1.165, 1.54) is 19.2 Å². The van der Waals surface area contributed by atoms with E-state index < -0.39 is 24.4 Å². The Morgan fingerprint density at radius 1 is 0.926 bits per heavy atom. The molecule has 0 aromatic heterocycles. The summed E-state index contributed by atoms with van der Waals surface area (Å²) in [5.41, 5.74) is 1.22. The number of hydrogen-bond donors (Lipinski definition) is 2. The molecule has 0 radical (unpaired) electrons. The van der Waals surface area contributed by atoms with E-state index in [0.717, 1.165) is 10.9 Å². The number of carbonyl (C=O) groups excluding carboxylic acids is 1. The molecule has 0 atom stereocenters. The number of hydrogen-bond acceptors (Lipinski definition) is 2. The van der Waals surface area contributed by atoms with E-state index in [-0.39, 0.29) is 11.4 Å². The molecule has 2 amide bonds. The summed E-state index contributed by atoms with van der Waals surface area (Å²) in [6, 6.07) is 7.54. The molecule has 146 valence electrons. The molecule has 0 bridgehead atoms. The molecule has 0 aliphatic rings. The summed E-state index contributed by atoms with van der Waals surface area (Å²) < 4.78 is 80.3. The Bertz CT molecular complexity index is 776. The van der Waals surface area contributed by atoms with Crippen LogP contribution >= 0.6 is 0 Å². The SMILES string of the molecule is COc1ccc(-c2ccccc2)cc1NC(=O)NC(C(F)(F)F)C(F)(F)F. The topological polar surface area (TPSA) is 50.4 Å². The first kappa shape index (κ1) is 20.4. The Balaban J connectivity index is 2.26. The molecule has 2 rings (SSSR count). The molecular weight excluding hydrogens is 378 g/mol. The number of halogens is 6. The van der Waals surface area contributed by atoms with Gasteiger partial charge in [-0.3, -0.25) is 0 Å². The zero-order valence-electron chi connectivity index (χ0n) is 13.8. The van der Waals surface area contributed by atoms with Crippen molar-refractivity contribution < 1.29 is 35.9 Å². The Morgan fingerprint density at radius 3 is 2.04 bits per heavy atom. The molecule has 4 nitrogen and oxygen atoms in total. The normalized spacial score (nSPS) is 12.0. The molecule has 27 heavy (non-hydrogen) atoms. The maximum absolute atomic E-state index is 12.6. The first-order valence-corrected chi connectivity index (χ1v) is 7.47. The van der Waals surface area contributed by atoms with Crippen molar-refractivity contribution in [3.05, 3.63) is 48.5 Å². The highest BCUT2D eigenvalue weighted by Gasteiger charge is 2.57. The van der Waals surface area contributed by atoms with Crippen molar-refractivity contribution in [1.29, 1.82) is 0 Å². The van der Waals surface area contributed by atoms with Gasteiger partial charge in [-0.05, 0) is 23.3 Å². The smallest absolute Gasteiger partial charge is 0.417 e. The van der Waals surface area contributed by atoms with Crippen LogP contribution in [0.15, 0.2) is 48.5 Å². The van der Waals surface area contributed by atoms with Crippen LogP contribution in [-0.4, -0.2) is 31.5 Å². The van der Waals surface area contributed by atoms with Crippen LogP contribution in [-0.2, 0) is 0 Å².